The molecular weight excluding hydrogens is 452 g/mol. The highest BCUT2D eigenvalue weighted by Gasteiger charge is 2.30. The van der Waals surface area contributed by atoms with Crippen LogP contribution in [0.1, 0.15) is 41.4 Å². The van der Waals surface area contributed by atoms with Crippen LogP contribution in [0.25, 0.3) is 11.1 Å². The number of pyridine rings is 1. The highest BCUT2D eigenvalue weighted by molar-refractivity contribution is 6.01. The summed E-state index contributed by atoms with van der Waals surface area (Å²) < 4.78 is 27.5. The lowest BCUT2D eigenvalue weighted by atomic mass is 9.97. The standard InChI is InChI=1S/C27H28F2N3O3/c1-2-3-12-21-22(18-8-5-4-6-9-18)25(33)23(26(34)30-21)27(35)32-15-13-31(14-16-32)17-19-10-7-11-20(28)24(19)29/h4-8,10-11H,2-3,12-17H2,1H3,(H2,30,33,34). The molecule has 0 bridgehead atoms. The van der Waals surface area contributed by atoms with Crippen LogP contribution in [0.3, 0.4) is 0 Å². The number of carbonyl (C=O) groups is 1. The van der Waals surface area contributed by atoms with Crippen molar-refractivity contribution < 1.29 is 23.8 Å². The zero-order valence-electron chi connectivity index (χ0n) is 19.6. The number of nitrogens with zero attached hydrogens (tertiary/aromatic N) is 3. The van der Waals surface area contributed by atoms with E-state index in [4.69, 9.17) is 0 Å². The predicted molar refractivity (Wildman–Crippen MR) is 128 cm³/mol. The Hall–Kier alpha value is -3.52. The Labute approximate surface area is 203 Å². The number of hydrogen-bond acceptors (Lipinski definition) is 5. The molecule has 0 atom stereocenters. The van der Waals surface area contributed by atoms with Gasteiger partial charge in [-0.15, -0.1) is 0 Å². The number of piperazine rings is 1. The molecular formula is C27H28F2N3O3. The number of aryl methyl sites for hydroxylation is 1. The number of halogens is 2. The highest BCUT2D eigenvalue weighted by atomic mass is 19.2. The molecule has 0 spiro atoms. The van der Waals surface area contributed by atoms with Crippen molar-refractivity contribution in [2.45, 2.75) is 32.7 Å². The minimum Gasteiger partial charge on any atom is -0.506 e. The van der Waals surface area contributed by atoms with E-state index >= 15 is 0 Å². The van der Waals surface area contributed by atoms with Gasteiger partial charge in [-0.3, -0.25) is 9.69 Å². The van der Waals surface area contributed by atoms with Crippen LogP contribution in [0, 0.1) is 17.7 Å². The maximum atomic E-state index is 14.0. The largest absolute Gasteiger partial charge is 0.506 e. The van der Waals surface area contributed by atoms with E-state index in [1.165, 1.54) is 11.0 Å². The topological polar surface area (TPSA) is 76.9 Å². The summed E-state index contributed by atoms with van der Waals surface area (Å²) in [4.78, 5) is 21.1. The first-order chi connectivity index (χ1) is 16.9. The summed E-state index contributed by atoms with van der Waals surface area (Å²) in [6.45, 7) is 3.74. The van der Waals surface area contributed by atoms with Crippen LogP contribution in [-0.4, -0.2) is 57.1 Å². The molecule has 1 aromatic heterocycles. The van der Waals surface area contributed by atoms with Crippen LogP contribution in [0.5, 0.6) is 11.6 Å². The third kappa shape index (κ3) is 5.27. The van der Waals surface area contributed by atoms with E-state index in [1.54, 1.807) is 24.3 Å². The van der Waals surface area contributed by atoms with E-state index in [-0.39, 0.29) is 23.4 Å². The average Bonchev–Trinajstić information content (AvgIpc) is 2.86. The van der Waals surface area contributed by atoms with Crippen molar-refractivity contribution >= 4 is 5.91 Å². The fourth-order valence-corrected chi connectivity index (χ4v) is 4.34. The zero-order chi connectivity index (χ0) is 24.9. The molecule has 2 heterocycles. The number of aromatic nitrogens is 1. The van der Waals surface area contributed by atoms with Gasteiger partial charge in [0.1, 0.15) is 11.3 Å². The number of carbonyl (C=O) groups excluding carboxylic acids is 1. The molecule has 35 heavy (non-hydrogen) atoms. The monoisotopic (exact) mass is 480 g/mol. The molecule has 1 amide bonds. The van der Waals surface area contributed by atoms with Gasteiger partial charge in [0.15, 0.2) is 11.6 Å². The summed E-state index contributed by atoms with van der Waals surface area (Å²) in [6.07, 6.45) is 2.26. The highest BCUT2D eigenvalue weighted by Crippen LogP contribution is 2.39. The molecule has 3 aromatic rings. The van der Waals surface area contributed by atoms with Crippen LogP contribution in [-0.2, 0) is 13.0 Å². The van der Waals surface area contributed by atoms with Crippen LogP contribution in [0.2, 0.25) is 0 Å². The number of aromatic hydroxyl groups is 2. The maximum absolute atomic E-state index is 14.0. The Morgan fingerprint density at radius 1 is 1.09 bits per heavy atom. The molecule has 4 rings (SSSR count). The Morgan fingerprint density at radius 2 is 1.86 bits per heavy atom. The molecule has 8 heteroatoms. The Balaban J connectivity index is 1.55. The first-order valence-electron chi connectivity index (χ1n) is 11.8. The number of hydrogen-bond donors (Lipinski definition) is 2. The fourth-order valence-electron chi connectivity index (χ4n) is 4.34. The van der Waals surface area contributed by atoms with Gasteiger partial charge in [0, 0.05) is 43.9 Å². The fraction of sp³-hybridized carbons (Fsp3) is 0.333. The van der Waals surface area contributed by atoms with Gasteiger partial charge in [0.05, 0.1) is 5.69 Å². The van der Waals surface area contributed by atoms with Crippen LogP contribution in [0.15, 0.2) is 42.5 Å². The predicted octanol–water partition coefficient (Wildman–Crippen LogP) is 4.54. The number of amides is 1. The van der Waals surface area contributed by atoms with E-state index in [0.29, 0.717) is 49.4 Å². The molecule has 183 valence electrons. The number of unbranched alkanes of at least 4 members (excludes halogenated alkanes) is 1. The van der Waals surface area contributed by atoms with Crippen molar-refractivity contribution in [2.75, 3.05) is 26.2 Å². The Kier molecular flexibility index (Phi) is 7.60. The van der Waals surface area contributed by atoms with E-state index in [9.17, 15) is 23.8 Å². The average molecular weight is 481 g/mol. The first-order valence-corrected chi connectivity index (χ1v) is 11.8. The lowest BCUT2D eigenvalue weighted by molar-refractivity contribution is 0.0620. The van der Waals surface area contributed by atoms with E-state index < -0.39 is 23.4 Å². The summed E-state index contributed by atoms with van der Waals surface area (Å²) in [6, 6.07) is 14.3. The molecule has 1 aliphatic rings. The quantitative estimate of drug-likeness (QED) is 0.519. The summed E-state index contributed by atoms with van der Waals surface area (Å²) in [7, 11) is 0. The molecule has 1 radical (unpaired) electrons. The van der Waals surface area contributed by atoms with Gasteiger partial charge in [-0.2, -0.15) is 0 Å². The third-order valence-electron chi connectivity index (χ3n) is 6.27. The summed E-state index contributed by atoms with van der Waals surface area (Å²) >= 11 is 0. The minimum atomic E-state index is -0.886. The Morgan fingerprint density at radius 3 is 2.54 bits per heavy atom. The second-order valence-corrected chi connectivity index (χ2v) is 8.64. The number of rotatable bonds is 7. The van der Waals surface area contributed by atoms with Crippen molar-refractivity contribution in [2.24, 2.45) is 0 Å². The lowest BCUT2D eigenvalue weighted by Gasteiger charge is -2.35. The van der Waals surface area contributed by atoms with Gasteiger partial charge in [-0.1, -0.05) is 49.7 Å². The van der Waals surface area contributed by atoms with Gasteiger partial charge in [-0.25, -0.2) is 13.8 Å². The van der Waals surface area contributed by atoms with E-state index in [0.717, 1.165) is 18.9 Å². The van der Waals surface area contributed by atoms with Gasteiger partial charge >= 0.3 is 0 Å². The van der Waals surface area contributed by atoms with E-state index in [1.807, 2.05) is 17.9 Å². The molecule has 1 aliphatic heterocycles. The van der Waals surface area contributed by atoms with Gasteiger partial charge < -0.3 is 15.1 Å². The number of benzene rings is 2. The normalized spacial score (nSPS) is 14.3. The second-order valence-electron chi connectivity index (χ2n) is 8.64. The third-order valence-corrected chi connectivity index (χ3v) is 6.27. The van der Waals surface area contributed by atoms with Crippen molar-refractivity contribution in [3.63, 3.8) is 0 Å². The van der Waals surface area contributed by atoms with Crippen molar-refractivity contribution in [3.8, 4) is 22.8 Å². The van der Waals surface area contributed by atoms with Crippen molar-refractivity contribution in [1.29, 1.82) is 0 Å². The molecule has 2 N–H and O–H groups in total. The van der Waals surface area contributed by atoms with Gasteiger partial charge in [0.25, 0.3) is 5.91 Å². The van der Waals surface area contributed by atoms with Crippen molar-refractivity contribution in [1.82, 2.24) is 14.8 Å². The molecule has 2 aromatic carbocycles. The van der Waals surface area contributed by atoms with Gasteiger partial charge in [-0.05, 0) is 30.5 Å². The maximum Gasteiger partial charge on any atom is 0.263 e. The van der Waals surface area contributed by atoms with Gasteiger partial charge in [0.2, 0.25) is 5.88 Å². The molecule has 6 nitrogen and oxygen atoms in total. The van der Waals surface area contributed by atoms with Crippen LogP contribution >= 0.6 is 0 Å². The van der Waals surface area contributed by atoms with Crippen LogP contribution in [0.4, 0.5) is 8.78 Å². The first kappa shape index (κ1) is 24.6. The summed E-state index contributed by atoms with van der Waals surface area (Å²) in [5.41, 5.74) is 1.54. The zero-order valence-corrected chi connectivity index (χ0v) is 19.6. The SMILES string of the molecule is CCCCc1nc(O)c(C(=O)N2CCN(Cc3cccc(F)c3F)CC2)c(O)c1-c1[c]cccc1. The summed E-state index contributed by atoms with van der Waals surface area (Å²) in [5.74, 6) is -3.07. The van der Waals surface area contributed by atoms with Crippen LogP contribution < -0.4 is 0 Å². The summed E-state index contributed by atoms with van der Waals surface area (Å²) in [5, 5.41) is 21.8. The molecule has 0 aliphatic carbocycles. The van der Waals surface area contributed by atoms with Crippen molar-refractivity contribution in [3.05, 3.63) is 77.0 Å². The second kappa shape index (κ2) is 10.8. The molecule has 1 saturated heterocycles. The molecule has 1 fully saturated rings. The lowest BCUT2D eigenvalue weighted by Crippen LogP contribution is -2.48. The molecule has 0 unspecified atom stereocenters. The molecule has 0 saturated carbocycles. The Bertz CT molecular complexity index is 1200. The minimum absolute atomic E-state index is 0.226. The van der Waals surface area contributed by atoms with E-state index in [2.05, 4.69) is 11.1 Å². The smallest absolute Gasteiger partial charge is 0.263 e.